The Morgan fingerprint density at radius 1 is 0.359 bits per heavy atom. The van der Waals surface area contributed by atoms with Crippen LogP contribution in [0.5, 0.6) is 0 Å². The molecule has 1 aromatic heterocycles. The summed E-state index contributed by atoms with van der Waals surface area (Å²) in [5.41, 5.74) is 5.48. The van der Waals surface area contributed by atoms with Crippen LogP contribution in [0.1, 0.15) is 0 Å². The van der Waals surface area contributed by atoms with E-state index in [1.807, 2.05) is 36.4 Å². The van der Waals surface area contributed by atoms with Crippen molar-refractivity contribution >= 4 is 32.3 Å². The molecule has 0 fully saturated rings. The zero-order valence-electron chi connectivity index (χ0n) is 21.1. The van der Waals surface area contributed by atoms with E-state index in [2.05, 4.69) is 118 Å². The Labute approximate surface area is 226 Å². The molecule has 0 N–H and O–H groups in total. The van der Waals surface area contributed by atoms with Crippen molar-refractivity contribution in [3.05, 3.63) is 140 Å². The summed E-state index contributed by atoms with van der Waals surface area (Å²) in [7, 11) is 0. The van der Waals surface area contributed by atoms with Crippen LogP contribution >= 0.6 is 0 Å². The highest BCUT2D eigenvalue weighted by atomic mass is 15.3. The van der Waals surface area contributed by atoms with Gasteiger partial charge in [0.05, 0.1) is 0 Å². The molecule has 182 valence electrons. The van der Waals surface area contributed by atoms with Crippen molar-refractivity contribution in [2.45, 2.75) is 0 Å². The molecule has 3 heteroatoms. The van der Waals surface area contributed by atoms with E-state index in [-0.39, 0.29) is 0 Å². The Hall–Kier alpha value is -5.28. The lowest BCUT2D eigenvalue weighted by atomic mass is 9.91. The van der Waals surface area contributed by atoms with Crippen LogP contribution in [0.4, 0.5) is 0 Å². The van der Waals surface area contributed by atoms with Crippen LogP contribution in [0.2, 0.25) is 0 Å². The maximum atomic E-state index is 4.65. The number of aromatic nitrogens is 3. The Morgan fingerprint density at radius 3 is 1.46 bits per heavy atom. The van der Waals surface area contributed by atoms with Crippen molar-refractivity contribution in [3.63, 3.8) is 0 Å². The first-order valence-electron chi connectivity index (χ1n) is 13.2. The number of hydrogen-bond acceptors (Lipinski definition) is 2. The minimum Gasteiger partial charge on any atom is -0.275 e. The zero-order valence-corrected chi connectivity index (χ0v) is 21.1. The molecule has 0 saturated carbocycles. The van der Waals surface area contributed by atoms with Gasteiger partial charge in [-0.05, 0) is 67.7 Å². The van der Waals surface area contributed by atoms with Gasteiger partial charge in [0.1, 0.15) is 0 Å². The van der Waals surface area contributed by atoms with Gasteiger partial charge < -0.3 is 0 Å². The summed E-state index contributed by atoms with van der Waals surface area (Å²) in [6.07, 6.45) is 0. The molecule has 7 aromatic carbocycles. The molecule has 1 heterocycles. The summed E-state index contributed by atoms with van der Waals surface area (Å²) in [4.78, 5) is 0. The first-order valence-corrected chi connectivity index (χ1v) is 13.2. The molecular weight excluding hydrogens is 474 g/mol. The molecule has 0 aliphatic heterocycles. The van der Waals surface area contributed by atoms with Crippen molar-refractivity contribution in [3.8, 4) is 39.6 Å². The van der Waals surface area contributed by atoms with Gasteiger partial charge >= 0.3 is 0 Å². The molecule has 0 bridgehead atoms. The first-order chi connectivity index (χ1) is 19.3. The van der Waals surface area contributed by atoms with Crippen LogP contribution in [0.15, 0.2) is 140 Å². The summed E-state index contributed by atoms with van der Waals surface area (Å²) >= 11 is 0. The van der Waals surface area contributed by atoms with Crippen LogP contribution < -0.4 is 0 Å². The monoisotopic (exact) mass is 497 g/mol. The third-order valence-electron chi connectivity index (χ3n) is 7.65. The number of nitrogens with zero attached hydrogens (tertiary/aromatic N) is 3. The largest absolute Gasteiger partial charge is 0.275 e. The molecule has 0 saturated heterocycles. The highest BCUT2D eigenvalue weighted by molar-refractivity contribution is 6.23. The molecule has 0 amide bonds. The van der Waals surface area contributed by atoms with Gasteiger partial charge in [-0.3, -0.25) is 4.57 Å². The molecule has 0 spiro atoms. The lowest BCUT2D eigenvalue weighted by Gasteiger charge is -2.13. The third kappa shape index (κ3) is 3.52. The van der Waals surface area contributed by atoms with Gasteiger partial charge in [0.25, 0.3) is 0 Å². The summed E-state index contributed by atoms with van der Waals surface area (Å²) in [6, 6.07) is 49.3. The van der Waals surface area contributed by atoms with Gasteiger partial charge in [-0.25, -0.2) is 0 Å². The maximum Gasteiger partial charge on any atom is 0.168 e. The Bertz CT molecular complexity index is 2030. The van der Waals surface area contributed by atoms with Crippen molar-refractivity contribution in [1.82, 2.24) is 14.8 Å². The standard InChI is InChI=1S/C36H23N3/c1-3-8-27(9-4-1)35-37-38-36(39(35)32-12-5-2-6-13-32)28-18-14-24(15-19-28)31-22-29-20-16-25-10-7-11-26-17-21-30(23-31)34(29)33(25)26/h1-23H. The van der Waals surface area contributed by atoms with E-state index in [1.165, 1.54) is 43.4 Å². The van der Waals surface area contributed by atoms with Crippen molar-refractivity contribution in [2.24, 2.45) is 0 Å². The SMILES string of the molecule is c1ccc(-c2nnc(-c3ccc(-c4cc5ccc6cccc7ccc(c4)c5c67)cc3)n2-c2ccccc2)cc1. The smallest absolute Gasteiger partial charge is 0.168 e. The number of benzene rings is 7. The molecule has 8 aromatic rings. The molecule has 0 aliphatic rings. The van der Waals surface area contributed by atoms with Crippen LogP contribution in [0.25, 0.3) is 71.9 Å². The lowest BCUT2D eigenvalue weighted by Crippen LogP contribution is -2.00. The Morgan fingerprint density at radius 2 is 0.846 bits per heavy atom. The molecule has 8 rings (SSSR count). The van der Waals surface area contributed by atoms with Gasteiger partial charge in [0, 0.05) is 16.8 Å². The van der Waals surface area contributed by atoms with E-state index in [9.17, 15) is 0 Å². The molecule has 3 nitrogen and oxygen atoms in total. The van der Waals surface area contributed by atoms with Crippen LogP contribution in [0.3, 0.4) is 0 Å². The van der Waals surface area contributed by atoms with E-state index in [4.69, 9.17) is 0 Å². The fourth-order valence-electron chi connectivity index (χ4n) is 5.80. The third-order valence-corrected chi connectivity index (χ3v) is 7.65. The summed E-state index contributed by atoms with van der Waals surface area (Å²) in [6.45, 7) is 0. The second-order valence-corrected chi connectivity index (χ2v) is 9.97. The van der Waals surface area contributed by atoms with Crippen LogP contribution in [-0.4, -0.2) is 14.8 Å². The second-order valence-electron chi connectivity index (χ2n) is 9.97. The van der Waals surface area contributed by atoms with Gasteiger partial charge in [-0.1, -0.05) is 115 Å². The molecule has 0 atom stereocenters. The number of rotatable bonds is 4. The second kappa shape index (κ2) is 8.64. The average molecular weight is 498 g/mol. The number of para-hydroxylation sites is 1. The lowest BCUT2D eigenvalue weighted by molar-refractivity contribution is 1.07. The van der Waals surface area contributed by atoms with Crippen molar-refractivity contribution in [2.75, 3.05) is 0 Å². The van der Waals surface area contributed by atoms with Crippen LogP contribution in [0, 0.1) is 0 Å². The van der Waals surface area contributed by atoms with E-state index < -0.39 is 0 Å². The van der Waals surface area contributed by atoms with Gasteiger partial charge in [-0.15, -0.1) is 10.2 Å². The quantitative estimate of drug-likeness (QED) is 0.227. The van der Waals surface area contributed by atoms with Gasteiger partial charge in [0.2, 0.25) is 0 Å². The average Bonchev–Trinajstić information content (AvgIpc) is 3.46. The topological polar surface area (TPSA) is 30.7 Å². The first kappa shape index (κ1) is 21.8. The maximum absolute atomic E-state index is 4.65. The van der Waals surface area contributed by atoms with Gasteiger partial charge in [-0.2, -0.15) is 0 Å². The minimum atomic E-state index is 0.821. The molecular formula is C36H23N3. The Kier molecular flexibility index (Phi) is 4.82. The van der Waals surface area contributed by atoms with E-state index >= 15 is 0 Å². The Balaban J connectivity index is 1.24. The predicted molar refractivity (Wildman–Crippen MR) is 161 cm³/mol. The fourth-order valence-corrected chi connectivity index (χ4v) is 5.80. The molecule has 0 aliphatic carbocycles. The summed E-state index contributed by atoms with van der Waals surface area (Å²) < 4.78 is 2.14. The highest BCUT2D eigenvalue weighted by Gasteiger charge is 2.17. The van der Waals surface area contributed by atoms with Gasteiger partial charge in [0.15, 0.2) is 11.6 Å². The molecule has 0 radical (unpaired) electrons. The predicted octanol–water partition coefficient (Wildman–Crippen LogP) is 9.17. The molecule has 39 heavy (non-hydrogen) atoms. The molecule has 0 unspecified atom stereocenters. The van der Waals surface area contributed by atoms with Crippen molar-refractivity contribution < 1.29 is 0 Å². The number of hydrogen-bond donors (Lipinski definition) is 0. The van der Waals surface area contributed by atoms with E-state index in [0.29, 0.717) is 0 Å². The van der Waals surface area contributed by atoms with E-state index in [0.717, 1.165) is 28.5 Å². The highest BCUT2D eigenvalue weighted by Crippen LogP contribution is 2.38. The summed E-state index contributed by atoms with van der Waals surface area (Å²) in [5.74, 6) is 1.65. The fraction of sp³-hybridized carbons (Fsp3) is 0. The normalized spacial score (nSPS) is 11.6. The van der Waals surface area contributed by atoms with Crippen molar-refractivity contribution in [1.29, 1.82) is 0 Å². The van der Waals surface area contributed by atoms with Crippen LogP contribution in [-0.2, 0) is 0 Å². The van der Waals surface area contributed by atoms with E-state index in [1.54, 1.807) is 0 Å². The zero-order chi connectivity index (χ0) is 25.8. The minimum absolute atomic E-state index is 0.821. The summed E-state index contributed by atoms with van der Waals surface area (Å²) in [5, 5.41) is 17.1.